The Morgan fingerprint density at radius 2 is 1.96 bits per heavy atom. The number of amides is 1. The van der Waals surface area contributed by atoms with E-state index >= 15 is 0 Å². The van der Waals surface area contributed by atoms with E-state index in [1.54, 1.807) is 0 Å². The Kier molecular flexibility index (Phi) is 3.85. The van der Waals surface area contributed by atoms with Crippen molar-refractivity contribution >= 4 is 29.4 Å². The fraction of sp³-hybridized carbons (Fsp3) is 0.318. The Labute approximate surface area is 166 Å². The van der Waals surface area contributed by atoms with Gasteiger partial charge >= 0.3 is 0 Å². The number of Topliss-reactive ketones (excluding diaryl/α,β-unsaturated/α-hetero) is 1. The minimum absolute atomic E-state index is 0.0917. The number of halogens is 1. The summed E-state index contributed by atoms with van der Waals surface area (Å²) >= 11 is 1.15. The molecule has 6 heteroatoms. The van der Waals surface area contributed by atoms with Crippen LogP contribution < -0.4 is 4.72 Å². The van der Waals surface area contributed by atoms with Gasteiger partial charge in [-0.1, -0.05) is 29.5 Å². The van der Waals surface area contributed by atoms with Crippen molar-refractivity contribution in [3.05, 3.63) is 57.8 Å². The molecule has 140 valence electrons. The molecule has 0 aromatic heterocycles. The maximum atomic E-state index is 14.9. The van der Waals surface area contributed by atoms with Gasteiger partial charge in [0.25, 0.3) is 5.91 Å². The second kappa shape index (κ2) is 6.18. The lowest BCUT2D eigenvalue weighted by molar-refractivity contribution is -0.133. The summed E-state index contributed by atoms with van der Waals surface area (Å²) in [6.45, 7) is 1.98. The van der Waals surface area contributed by atoms with Gasteiger partial charge in [-0.25, -0.2) is 4.39 Å². The number of benzene rings is 1. The van der Waals surface area contributed by atoms with Gasteiger partial charge in [0.2, 0.25) is 0 Å². The third-order valence-electron chi connectivity index (χ3n) is 5.65. The second-order valence-electron chi connectivity index (χ2n) is 7.62. The van der Waals surface area contributed by atoms with Gasteiger partial charge < -0.3 is 0 Å². The Bertz CT molecular complexity index is 1070. The summed E-state index contributed by atoms with van der Waals surface area (Å²) in [5.41, 5.74) is 0.611. The normalized spacial score (nSPS) is 28.6. The number of aryl methyl sites for hydroxylation is 1. The van der Waals surface area contributed by atoms with Crippen molar-refractivity contribution in [1.29, 1.82) is 0 Å². The summed E-state index contributed by atoms with van der Waals surface area (Å²) in [5, 5.41) is 0. The van der Waals surface area contributed by atoms with E-state index in [1.807, 2.05) is 37.3 Å². The van der Waals surface area contributed by atoms with Crippen molar-refractivity contribution in [3.63, 3.8) is 0 Å². The first-order valence-electron chi connectivity index (χ1n) is 9.29. The minimum atomic E-state index is -1.52. The van der Waals surface area contributed by atoms with Crippen molar-refractivity contribution in [2.24, 2.45) is 16.3 Å². The number of ketones is 1. The molecule has 28 heavy (non-hydrogen) atoms. The van der Waals surface area contributed by atoms with E-state index in [0.717, 1.165) is 35.9 Å². The van der Waals surface area contributed by atoms with Crippen LogP contribution in [0.1, 0.15) is 30.4 Å². The number of carbonyl (C=O) groups excluding carboxylic acids is 2. The molecule has 0 bridgehead atoms. The van der Waals surface area contributed by atoms with E-state index < -0.39 is 29.4 Å². The Morgan fingerprint density at radius 3 is 2.68 bits per heavy atom. The van der Waals surface area contributed by atoms with Crippen molar-refractivity contribution in [2.75, 3.05) is 0 Å². The molecule has 2 atom stereocenters. The number of nitrogens with zero attached hydrogens (tertiary/aromatic N) is 1. The zero-order valence-electron chi connectivity index (χ0n) is 15.2. The van der Waals surface area contributed by atoms with Crippen LogP contribution in [0.2, 0.25) is 0 Å². The fourth-order valence-corrected chi connectivity index (χ4v) is 4.92. The molecule has 2 aliphatic heterocycles. The van der Waals surface area contributed by atoms with Crippen LogP contribution in [0.25, 0.3) is 0 Å². The fourth-order valence-electron chi connectivity index (χ4n) is 3.90. The van der Waals surface area contributed by atoms with Gasteiger partial charge in [-0.2, -0.15) is 0 Å². The summed E-state index contributed by atoms with van der Waals surface area (Å²) in [6.07, 6.45) is 3.58. The second-order valence-corrected chi connectivity index (χ2v) is 8.46. The average Bonchev–Trinajstić information content (AvgIpc) is 3.47. The third-order valence-corrected chi connectivity index (χ3v) is 6.60. The van der Waals surface area contributed by atoms with Gasteiger partial charge in [-0.15, -0.1) is 0 Å². The molecule has 1 amide bonds. The van der Waals surface area contributed by atoms with Gasteiger partial charge in [0.1, 0.15) is 5.83 Å². The number of aliphatic imine (C=N–C) groups is 1. The highest BCUT2D eigenvalue weighted by atomic mass is 32.2. The summed E-state index contributed by atoms with van der Waals surface area (Å²) in [7, 11) is 0. The van der Waals surface area contributed by atoms with Gasteiger partial charge in [0, 0.05) is 10.5 Å². The van der Waals surface area contributed by atoms with Gasteiger partial charge in [-0.05, 0) is 55.8 Å². The van der Waals surface area contributed by atoms with Crippen molar-refractivity contribution < 1.29 is 14.0 Å². The molecule has 1 saturated heterocycles. The topological polar surface area (TPSA) is 58.5 Å². The molecule has 0 radical (unpaired) electrons. The molecule has 2 fully saturated rings. The molecule has 2 heterocycles. The quantitative estimate of drug-likeness (QED) is 0.453. The number of hydrogen-bond acceptors (Lipinski definition) is 4. The molecule has 4 nitrogen and oxygen atoms in total. The monoisotopic (exact) mass is 392 g/mol. The number of nitrogens with one attached hydrogen (secondary N) is 1. The van der Waals surface area contributed by atoms with Gasteiger partial charge in [0.15, 0.2) is 11.2 Å². The van der Waals surface area contributed by atoms with Crippen LogP contribution >= 0.6 is 11.9 Å². The molecule has 1 aromatic carbocycles. The molecule has 2 aliphatic carbocycles. The Hall–Kier alpha value is -2.65. The predicted octanol–water partition coefficient (Wildman–Crippen LogP) is 3.42. The molecular formula is C22H17FN2O2S. The van der Waals surface area contributed by atoms with Crippen LogP contribution in [-0.4, -0.2) is 23.4 Å². The molecule has 1 saturated carbocycles. The highest BCUT2D eigenvalue weighted by Gasteiger charge is 2.62. The van der Waals surface area contributed by atoms with Gasteiger partial charge in [-0.3, -0.25) is 19.3 Å². The first kappa shape index (κ1) is 17.4. The zero-order valence-corrected chi connectivity index (χ0v) is 16.0. The van der Waals surface area contributed by atoms with E-state index in [2.05, 4.69) is 16.6 Å². The van der Waals surface area contributed by atoms with Crippen LogP contribution in [-0.2, 0) is 9.59 Å². The SMILES string of the molecule is Cc1ccc(C#CC2=C(F)CC(=O)C34C(=O)NSC3=CC(C3CC3)N=C24)cc1. The molecular weight excluding hydrogens is 375 g/mol. The first-order chi connectivity index (χ1) is 13.5. The van der Waals surface area contributed by atoms with Crippen LogP contribution in [0.5, 0.6) is 0 Å². The summed E-state index contributed by atoms with van der Waals surface area (Å²) in [5.74, 6) is 4.74. The summed E-state index contributed by atoms with van der Waals surface area (Å²) < 4.78 is 17.6. The minimum Gasteiger partial charge on any atom is -0.297 e. The number of dihydropyridines is 1. The lowest BCUT2D eigenvalue weighted by atomic mass is 9.68. The number of carbonyl (C=O) groups is 2. The molecule has 4 aliphatic rings. The largest absolute Gasteiger partial charge is 0.297 e. The Morgan fingerprint density at radius 1 is 1.21 bits per heavy atom. The summed E-state index contributed by atoms with van der Waals surface area (Å²) in [6, 6.07) is 7.47. The molecule has 5 rings (SSSR count). The van der Waals surface area contributed by atoms with Crippen LogP contribution in [0.3, 0.4) is 0 Å². The summed E-state index contributed by atoms with van der Waals surface area (Å²) in [4.78, 5) is 31.0. The third kappa shape index (κ3) is 2.50. The lowest BCUT2D eigenvalue weighted by Gasteiger charge is -2.35. The van der Waals surface area contributed by atoms with E-state index in [-0.39, 0.29) is 17.3 Å². The van der Waals surface area contributed by atoms with Crippen molar-refractivity contribution in [1.82, 2.24) is 4.72 Å². The number of rotatable bonds is 1. The standard InChI is InChI=1S/C22H17FN2O2S/c1-12-2-4-13(5-3-12)6-9-15-16(23)10-18(26)22-19(28-25-21(22)27)11-17(14-7-8-14)24-20(15)22/h2-5,11,14,17H,7-8,10H2,1H3,(H,25,27). The van der Waals surface area contributed by atoms with Gasteiger partial charge in [0.05, 0.1) is 23.7 Å². The average molecular weight is 392 g/mol. The molecule has 1 spiro atoms. The highest BCUT2D eigenvalue weighted by molar-refractivity contribution is 8.02. The number of hydrogen-bond donors (Lipinski definition) is 1. The van der Waals surface area contributed by atoms with E-state index in [0.29, 0.717) is 10.8 Å². The lowest BCUT2D eigenvalue weighted by Crippen LogP contribution is -2.51. The zero-order chi connectivity index (χ0) is 19.5. The van der Waals surface area contributed by atoms with Crippen LogP contribution in [0.15, 0.2) is 51.6 Å². The van der Waals surface area contributed by atoms with Crippen LogP contribution in [0.4, 0.5) is 4.39 Å². The maximum Gasteiger partial charge on any atom is 0.255 e. The Balaban J connectivity index is 1.65. The highest BCUT2D eigenvalue weighted by Crippen LogP contribution is 2.53. The predicted molar refractivity (Wildman–Crippen MR) is 106 cm³/mol. The smallest absolute Gasteiger partial charge is 0.255 e. The van der Waals surface area contributed by atoms with E-state index in [1.165, 1.54) is 0 Å². The van der Waals surface area contributed by atoms with Crippen LogP contribution in [0, 0.1) is 30.1 Å². The molecule has 1 N–H and O–H groups in total. The van der Waals surface area contributed by atoms with Crippen molar-refractivity contribution in [2.45, 2.75) is 32.2 Å². The molecule has 1 aromatic rings. The van der Waals surface area contributed by atoms with E-state index in [4.69, 9.17) is 4.99 Å². The number of allylic oxidation sites excluding steroid dienone is 2. The molecule has 2 unspecified atom stereocenters. The van der Waals surface area contributed by atoms with Crippen molar-refractivity contribution in [3.8, 4) is 11.8 Å². The first-order valence-corrected chi connectivity index (χ1v) is 10.1. The van der Waals surface area contributed by atoms with E-state index in [9.17, 15) is 14.0 Å². The maximum absolute atomic E-state index is 14.9.